The van der Waals surface area contributed by atoms with Crippen molar-refractivity contribution in [3.63, 3.8) is 0 Å². The lowest BCUT2D eigenvalue weighted by Gasteiger charge is -2.36. The van der Waals surface area contributed by atoms with E-state index >= 15 is 0 Å². The van der Waals surface area contributed by atoms with Crippen LogP contribution in [0.2, 0.25) is 0 Å². The van der Waals surface area contributed by atoms with Crippen LogP contribution in [0.25, 0.3) is 0 Å². The van der Waals surface area contributed by atoms with Crippen molar-refractivity contribution in [3.05, 3.63) is 35.9 Å². The van der Waals surface area contributed by atoms with Gasteiger partial charge in [-0.05, 0) is 59.9 Å². The first kappa shape index (κ1) is 27.5. The average Bonchev–Trinajstić information content (AvgIpc) is 2.66. The zero-order valence-electron chi connectivity index (χ0n) is 21.1. The first-order chi connectivity index (χ1) is 14.7. The maximum absolute atomic E-state index is 13.7. The summed E-state index contributed by atoms with van der Waals surface area (Å²) in [6.07, 6.45) is 0.0242. The molecule has 0 heterocycles. The fourth-order valence-electron chi connectivity index (χ4n) is 3.31. The van der Waals surface area contributed by atoms with E-state index < -0.39 is 29.3 Å². The van der Waals surface area contributed by atoms with Crippen LogP contribution < -0.4 is 10.6 Å². The van der Waals surface area contributed by atoms with Crippen LogP contribution in [0, 0.1) is 5.92 Å². The Kier molecular flexibility index (Phi) is 9.73. The topological polar surface area (TPSA) is 87.7 Å². The highest BCUT2D eigenvalue weighted by Crippen LogP contribution is 2.25. The van der Waals surface area contributed by atoms with Crippen LogP contribution in [0.1, 0.15) is 80.3 Å². The van der Waals surface area contributed by atoms with E-state index in [1.165, 1.54) is 4.90 Å². The normalized spacial score (nSPS) is 14.7. The largest absolute Gasteiger partial charge is 0.444 e. The molecular formula is C25H41N3O4. The zero-order chi connectivity index (χ0) is 24.7. The molecule has 1 aromatic carbocycles. The molecule has 0 bridgehead atoms. The summed E-state index contributed by atoms with van der Waals surface area (Å²) in [5.41, 5.74) is -0.432. The van der Waals surface area contributed by atoms with Gasteiger partial charge in [-0.15, -0.1) is 0 Å². The number of ether oxygens (including phenoxy) is 1. The molecule has 1 aromatic rings. The number of nitrogens with one attached hydrogen (secondary N) is 2. The van der Waals surface area contributed by atoms with Crippen molar-refractivity contribution in [1.29, 1.82) is 0 Å². The monoisotopic (exact) mass is 447 g/mol. The van der Waals surface area contributed by atoms with E-state index in [1.54, 1.807) is 20.8 Å². The Hall–Kier alpha value is -2.57. The summed E-state index contributed by atoms with van der Waals surface area (Å²) in [4.78, 5) is 41.1. The van der Waals surface area contributed by atoms with Crippen molar-refractivity contribution in [2.45, 2.75) is 92.0 Å². The van der Waals surface area contributed by atoms with Crippen molar-refractivity contribution in [1.82, 2.24) is 15.5 Å². The van der Waals surface area contributed by atoms with Gasteiger partial charge in [0.15, 0.2) is 0 Å². The molecule has 3 unspecified atom stereocenters. The van der Waals surface area contributed by atoms with Crippen LogP contribution in [-0.4, -0.2) is 46.5 Å². The Labute approximate surface area is 193 Å². The molecule has 0 fully saturated rings. The molecule has 0 saturated carbocycles. The Morgan fingerprint density at radius 1 is 1.00 bits per heavy atom. The molecule has 2 N–H and O–H groups in total. The lowest BCUT2D eigenvalue weighted by Crippen LogP contribution is -2.56. The Balaban J connectivity index is 3.34. The molecule has 1 rings (SSSR count). The van der Waals surface area contributed by atoms with Gasteiger partial charge in [-0.3, -0.25) is 9.59 Å². The summed E-state index contributed by atoms with van der Waals surface area (Å²) in [5, 5.41) is 5.74. The van der Waals surface area contributed by atoms with Crippen molar-refractivity contribution in [3.8, 4) is 0 Å². The Morgan fingerprint density at radius 3 is 2.00 bits per heavy atom. The third-order valence-corrected chi connectivity index (χ3v) is 4.95. The van der Waals surface area contributed by atoms with Gasteiger partial charge in [0.2, 0.25) is 11.8 Å². The third kappa shape index (κ3) is 8.52. The predicted molar refractivity (Wildman–Crippen MR) is 127 cm³/mol. The van der Waals surface area contributed by atoms with Gasteiger partial charge in [-0.2, -0.15) is 0 Å². The smallest absolute Gasteiger partial charge is 0.408 e. The molecule has 0 aromatic heterocycles. The highest BCUT2D eigenvalue weighted by atomic mass is 16.6. The minimum atomic E-state index is -0.820. The number of likely N-dealkylation sites (N-methyl/N-ethyl adjacent to an activating group) is 1. The number of nitrogens with zero attached hydrogens (tertiary/aromatic N) is 1. The first-order valence-electron chi connectivity index (χ1n) is 11.4. The van der Waals surface area contributed by atoms with Crippen molar-refractivity contribution in [2.75, 3.05) is 6.54 Å². The van der Waals surface area contributed by atoms with Crippen LogP contribution in [0.3, 0.4) is 0 Å². The number of alkyl carbamates (subject to hydrolysis) is 1. The van der Waals surface area contributed by atoms with Gasteiger partial charge in [-0.25, -0.2) is 4.79 Å². The summed E-state index contributed by atoms with van der Waals surface area (Å²) in [7, 11) is 0. The van der Waals surface area contributed by atoms with Crippen LogP contribution >= 0.6 is 0 Å². The maximum atomic E-state index is 13.7. The standard InChI is InChI=1S/C25H41N3O4/c1-10-17(3)19(26-23(31)32-25(7,8)9)22(30)28(11-2)20(18-15-13-12-14-16-18)21(29)27-24(4,5)6/h12-17,19-20H,10-11H2,1-9H3,(H,26,31)(H,27,29). The van der Waals surface area contributed by atoms with Crippen molar-refractivity contribution < 1.29 is 19.1 Å². The number of amides is 3. The van der Waals surface area contributed by atoms with Crippen molar-refractivity contribution in [2.24, 2.45) is 5.92 Å². The molecule has 0 spiro atoms. The van der Waals surface area contributed by atoms with Crippen LogP contribution in [-0.2, 0) is 14.3 Å². The van der Waals surface area contributed by atoms with E-state index in [-0.39, 0.29) is 17.7 Å². The number of hydrogen-bond acceptors (Lipinski definition) is 4. The minimum absolute atomic E-state index is 0.147. The Morgan fingerprint density at radius 2 is 1.56 bits per heavy atom. The van der Waals surface area contributed by atoms with E-state index in [9.17, 15) is 14.4 Å². The maximum Gasteiger partial charge on any atom is 0.408 e. The van der Waals surface area contributed by atoms with E-state index in [0.29, 0.717) is 18.5 Å². The summed E-state index contributed by atoms with van der Waals surface area (Å²) in [6, 6.07) is 7.59. The molecule has 180 valence electrons. The zero-order valence-corrected chi connectivity index (χ0v) is 21.1. The van der Waals surface area contributed by atoms with Gasteiger partial charge in [0.05, 0.1) is 0 Å². The third-order valence-electron chi connectivity index (χ3n) is 4.95. The second-order valence-electron chi connectivity index (χ2n) is 10.2. The molecule has 0 aliphatic rings. The molecule has 7 nitrogen and oxygen atoms in total. The number of benzene rings is 1. The molecule has 0 aliphatic carbocycles. The van der Waals surface area contributed by atoms with E-state index in [1.807, 2.05) is 71.9 Å². The highest BCUT2D eigenvalue weighted by molar-refractivity contribution is 5.92. The van der Waals surface area contributed by atoms with Gasteiger partial charge < -0.3 is 20.3 Å². The van der Waals surface area contributed by atoms with Gasteiger partial charge >= 0.3 is 6.09 Å². The van der Waals surface area contributed by atoms with Gasteiger partial charge in [0, 0.05) is 12.1 Å². The van der Waals surface area contributed by atoms with E-state index in [4.69, 9.17) is 4.74 Å². The van der Waals surface area contributed by atoms with Gasteiger partial charge in [0.25, 0.3) is 0 Å². The average molecular weight is 448 g/mol. The fourth-order valence-corrected chi connectivity index (χ4v) is 3.31. The molecule has 32 heavy (non-hydrogen) atoms. The first-order valence-corrected chi connectivity index (χ1v) is 11.4. The van der Waals surface area contributed by atoms with Crippen LogP contribution in [0.15, 0.2) is 30.3 Å². The van der Waals surface area contributed by atoms with Crippen LogP contribution in [0.4, 0.5) is 4.79 Å². The molecule has 3 amide bonds. The Bertz CT molecular complexity index is 766. The summed E-state index contributed by atoms with van der Waals surface area (Å²) in [6.45, 7) is 17.0. The molecular weight excluding hydrogens is 406 g/mol. The molecule has 0 aliphatic heterocycles. The molecule has 7 heteroatoms. The molecule has 0 radical (unpaired) electrons. The molecule has 3 atom stereocenters. The predicted octanol–water partition coefficient (Wildman–Crippen LogP) is 4.43. The van der Waals surface area contributed by atoms with Crippen molar-refractivity contribution >= 4 is 17.9 Å². The summed E-state index contributed by atoms with van der Waals surface area (Å²) in [5.74, 6) is -0.726. The second kappa shape index (κ2) is 11.3. The number of rotatable bonds is 8. The number of hydrogen-bond donors (Lipinski definition) is 2. The van der Waals surface area contributed by atoms with E-state index in [2.05, 4.69) is 10.6 Å². The molecule has 0 saturated heterocycles. The lowest BCUT2D eigenvalue weighted by molar-refractivity contribution is -0.143. The van der Waals surface area contributed by atoms with Crippen LogP contribution in [0.5, 0.6) is 0 Å². The lowest BCUT2D eigenvalue weighted by atomic mass is 9.95. The fraction of sp³-hybridized carbons (Fsp3) is 0.640. The van der Waals surface area contributed by atoms with E-state index in [0.717, 1.165) is 0 Å². The number of carbonyl (C=O) groups is 3. The SMILES string of the molecule is CCC(C)C(NC(=O)OC(C)(C)C)C(=O)N(CC)C(C(=O)NC(C)(C)C)c1ccccc1. The summed E-state index contributed by atoms with van der Waals surface area (Å²) < 4.78 is 5.38. The van der Waals surface area contributed by atoms with Gasteiger partial charge in [0.1, 0.15) is 17.7 Å². The summed E-state index contributed by atoms with van der Waals surface area (Å²) >= 11 is 0. The minimum Gasteiger partial charge on any atom is -0.444 e. The quantitative estimate of drug-likeness (QED) is 0.617. The number of carbonyl (C=O) groups excluding carboxylic acids is 3. The second-order valence-corrected chi connectivity index (χ2v) is 10.2. The van der Waals surface area contributed by atoms with Gasteiger partial charge in [-0.1, -0.05) is 50.6 Å². The highest BCUT2D eigenvalue weighted by Gasteiger charge is 2.38.